The fraction of sp³-hybridized carbons (Fsp3) is 0.250. The van der Waals surface area contributed by atoms with Crippen LogP contribution in [0.3, 0.4) is 0 Å². The van der Waals surface area contributed by atoms with Crippen LogP contribution < -0.4 is 10.6 Å². The third kappa shape index (κ3) is 4.43. The highest BCUT2D eigenvalue weighted by molar-refractivity contribution is 7.13. The lowest BCUT2D eigenvalue weighted by Crippen LogP contribution is -2.36. The maximum absolute atomic E-state index is 12.1. The van der Waals surface area contributed by atoms with Crippen molar-refractivity contribution in [2.75, 3.05) is 6.54 Å². The van der Waals surface area contributed by atoms with Gasteiger partial charge < -0.3 is 10.6 Å². The van der Waals surface area contributed by atoms with E-state index in [9.17, 15) is 9.59 Å². The van der Waals surface area contributed by atoms with Crippen LogP contribution in [0, 0.1) is 20.8 Å². The molecule has 2 heterocycles. The maximum Gasteiger partial charge on any atom is 0.261 e. The molecule has 0 aliphatic carbocycles. The van der Waals surface area contributed by atoms with Gasteiger partial charge in [0.1, 0.15) is 0 Å². The zero-order valence-electron chi connectivity index (χ0n) is 15.6. The molecule has 7 heteroatoms. The Hall–Kier alpha value is -2.93. The number of nitrogens with zero attached hydrogens (tertiary/aromatic N) is 2. The molecule has 0 saturated heterocycles. The summed E-state index contributed by atoms with van der Waals surface area (Å²) in [5.41, 5.74) is 3.81. The summed E-state index contributed by atoms with van der Waals surface area (Å²) >= 11 is 1.41. The largest absolute Gasteiger partial charge is 0.350 e. The topological polar surface area (TPSA) is 76.0 Å². The summed E-state index contributed by atoms with van der Waals surface area (Å²) in [5.74, 6) is -0.463. The molecule has 0 aliphatic rings. The molecule has 0 aliphatic heterocycles. The highest BCUT2D eigenvalue weighted by Gasteiger charge is 2.14. The second-order valence-electron chi connectivity index (χ2n) is 6.27. The monoisotopic (exact) mass is 382 g/mol. The average Bonchev–Trinajstić information content (AvgIpc) is 3.22. The van der Waals surface area contributed by atoms with Gasteiger partial charge in [-0.3, -0.25) is 9.59 Å². The Kier molecular flexibility index (Phi) is 5.71. The van der Waals surface area contributed by atoms with Crippen LogP contribution in [0.2, 0.25) is 0 Å². The van der Waals surface area contributed by atoms with Crippen molar-refractivity contribution in [2.45, 2.75) is 27.3 Å². The van der Waals surface area contributed by atoms with Gasteiger partial charge in [0.05, 0.1) is 22.8 Å². The standard InChI is InChI=1S/C20H22N4O2S/c1-13-9-10-18(27-13)20(26)22-12-19(25)21-11-17-14(2)23-24(15(17)3)16-7-5-4-6-8-16/h4-10H,11-12H2,1-3H3,(H,21,25)(H,22,26). The van der Waals surface area contributed by atoms with E-state index in [1.807, 2.05) is 61.9 Å². The summed E-state index contributed by atoms with van der Waals surface area (Å²) in [5, 5.41) is 10.1. The molecule has 2 amide bonds. The minimum Gasteiger partial charge on any atom is -0.350 e. The number of benzene rings is 1. The molecule has 140 valence electrons. The molecule has 2 N–H and O–H groups in total. The van der Waals surface area contributed by atoms with Crippen LogP contribution in [0.1, 0.15) is 31.5 Å². The van der Waals surface area contributed by atoms with Crippen molar-refractivity contribution in [1.29, 1.82) is 0 Å². The zero-order valence-corrected chi connectivity index (χ0v) is 16.4. The lowest BCUT2D eigenvalue weighted by atomic mass is 10.2. The van der Waals surface area contributed by atoms with Crippen molar-refractivity contribution in [3.05, 3.63) is 69.2 Å². The van der Waals surface area contributed by atoms with Crippen LogP contribution >= 0.6 is 11.3 Å². The number of para-hydroxylation sites is 1. The number of carbonyl (C=O) groups excluding carboxylic acids is 2. The smallest absolute Gasteiger partial charge is 0.261 e. The Bertz CT molecular complexity index is 960. The van der Waals surface area contributed by atoms with Gasteiger partial charge in [-0.2, -0.15) is 5.10 Å². The molecule has 0 unspecified atom stereocenters. The highest BCUT2D eigenvalue weighted by Crippen LogP contribution is 2.17. The molecule has 2 aromatic heterocycles. The molecule has 0 bridgehead atoms. The first-order valence-corrected chi connectivity index (χ1v) is 9.49. The Balaban J connectivity index is 1.57. The average molecular weight is 382 g/mol. The molecular weight excluding hydrogens is 360 g/mol. The first kappa shape index (κ1) is 18.8. The molecule has 1 aromatic carbocycles. The predicted molar refractivity (Wildman–Crippen MR) is 106 cm³/mol. The number of nitrogens with one attached hydrogen (secondary N) is 2. The third-order valence-corrected chi connectivity index (χ3v) is 5.28. The Labute approximate surface area is 162 Å². The molecule has 0 fully saturated rings. The molecular formula is C20H22N4O2S. The van der Waals surface area contributed by atoms with E-state index < -0.39 is 0 Å². The summed E-state index contributed by atoms with van der Waals surface area (Å²) in [6.07, 6.45) is 0. The number of rotatable bonds is 6. The number of thiophene rings is 1. The van der Waals surface area contributed by atoms with Gasteiger partial charge in [0, 0.05) is 22.7 Å². The normalized spacial score (nSPS) is 10.6. The third-order valence-electron chi connectivity index (χ3n) is 4.28. The second-order valence-corrected chi connectivity index (χ2v) is 7.55. The summed E-state index contributed by atoms with van der Waals surface area (Å²) in [7, 11) is 0. The van der Waals surface area contributed by atoms with Crippen LogP contribution in [0.25, 0.3) is 5.69 Å². The highest BCUT2D eigenvalue weighted by atomic mass is 32.1. The summed E-state index contributed by atoms with van der Waals surface area (Å²) in [6.45, 7) is 6.16. The molecule has 0 atom stereocenters. The first-order chi connectivity index (χ1) is 13.0. The first-order valence-electron chi connectivity index (χ1n) is 8.67. The zero-order chi connectivity index (χ0) is 19.4. The van der Waals surface area contributed by atoms with Crippen molar-refractivity contribution in [2.24, 2.45) is 0 Å². The fourth-order valence-electron chi connectivity index (χ4n) is 2.81. The Morgan fingerprint density at radius 2 is 1.78 bits per heavy atom. The molecule has 3 aromatic rings. The van der Waals surface area contributed by atoms with Crippen molar-refractivity contribution in [3.8, 4) is 5.69 Å². The number of hydrogen-bond donors (Lipinski definition) is 2. The minimum atomic E-state index is -0.233. The quantitative estimate of drug-likeness (QED) is 0.688. The molecule has 0 spiro atoms. The molecule has 6 nitrogen and oxygen atoms in total. The fourth-order valence-corrected chi connectivity index (χ4v) is 3.59. The van der Waals surface area contributed by atoms with Crippen LogP contribution in [-0.2, 0) is 11.3 Å². The van der Waals surface area contributed by atoms with Crippen LogP contribution in [0.4, 0.5) is 0 Å². The van der Waals surface area contributed by atoms with Gasteiger partial charge >= 0.3 is 0 Å². The van der Waals surface area contributed by atoms with Crippen molar-refractivity contribution >= 4 is 23.2 Å². The Morgan fingerprint density at radius 3 is 2.44 bits per heavy atom. The maximum atomic E-state index is 12.1. The van der Waals surface area contributed by atoms with E-state index in [1.54, 1.807) is 6.07 Å². The van der Waals surface area contributed by atoms with Gasteiger partial charge in [-0.05, 0) is 45.0 Å². The molecule has 0 radical (unpaired) electrons. The summed E-state index contributed by atoms with van der Waals surface area (Å²) in [4.78, 5) is 25.8. The summed E-state index contributed by atoms with van der Waals surface area (Å²) in [6, 6.07) is 13.5. The van der Waals surface area contributed by atoms with Crippen molar-refractivity contribution in [1.82, 2.24) is 20.4 Å². The van der Waals surface area contributed by atoms with E-state index in [1.165, 1.54) is 11.3 Å². The van der Waals surface area contributed by atoms with E-state index in [2.05, 4.69) is 15.7 Å². The van der Waals surface area contributed by atoms with Gasteiger partial charge in [0.15, 0.2) is 0 Å². The number of aryl methyl sites for hydroxylation is 2. The van der Waals surface area contributed by atoms with Gasteiger partial charge in [-0.1, -0.05) is 18.2 Å². The predicted octanol–water partition coefficient (Wildman–Crippen LogP) is 2.91. The van der Waals surface area contributed by atoms with E-state index in [0.717, 1.165) is 27.5 Å². The van der Waals surface area contributed by atoms with Crippen molar-refractivity contribution in [3.63, 3.8) is 0 Å². The van der Waals surface area contributed by atoms with Gasteiger partial charge in [-0.25, -0.2) is 4.68 Å². The van der Waals surface area contributed by atoms with E-state index in [4.69, 9.17) is 0 Å². The lowest BCUT2D eigenvalue weighted by molar-refractivity contribution is -0.120. The number of aromatic nitrogens is 2. The second kappa shape index (κ2) is 8.18. The van der Waals surface area contributed by atoms with E-state index >= 15 is 0 Å². The lowest BCUT2D eigenvalue weighted by Gasteiger charge is -2.08. The van der Waals surface area contributed by atoms with Crippen molar-refractivity contribution < 1.29 is 9.59 Å². The summed E-state index contributed by atoms with van der Waals surface area (Å²) < 4.78 is 1.87. The number of hydrogen-bond acceptors (Lipinski definition) is 4. The van der Waals surface area contributed by atoms with E-state index in [-0.39, 0.29) is 18.4 Å². The van der Waals surface area contributed by atoms with Gasteiger partial charge in [-0.15, -0.1) is 11.3 Å². The van der Waals surface area contributed by atoms with Gasteiger partial charge in [0.25, 0.3) is 5.91 Å². The van der Waals surface area contributed by atoms with Crippen LogP contribution in [0.15, 0.2) is 42.5 Å². The molecule has 3 rings (SSSR count). The van der Waals surface area contributed by atoms with E-state index in [0.29, 0.717) is 11.4 Å². The minimum absolute atomic E-state index is 0.0549. The molecule has 0 saturated carbocycles. The SMILES string of the molecule is Cc1ccc(C(=O)NCC(=O)NCc2c(C)nn(-c3ccccc3)c2C)s1. The Morgan fingerprint density at radius 1 is 1.04 bits per heavy atom. The van der Waals surface area contributed by atoms with Crippen LogP contribution in [-0.4, -0.2) is 28.1 Å². The number of carbonyl (C=O) groups is 2. The van der Waals surface area contributed by atoms with Gasteiger partial charge in [0.2, 0.25) is 5.91 Å². The van der Waals surface area contributed by atoms with Crippen LogP contribution in [0.5, 0.6) is 0 Å². The molecule has 27 heavy (non-hydrogen) atoms. The number of amides is 2.